The van der Waals surface area contributed by atoms with E-state index in [2.05, 4.69) is 9.44 Å². The zero-order valence-corrected chi connectivity index (χ0v) is 21.5. The molecule has 1 heterocycles. The largest absolute Gasteiger partial charge is 0.399 e. The van der Waals surface area contributed by atoms with Gasteiger partial charge in [-0.15, -0.1) is 11.3 Å². The summed E-state index contributed by atoms with van der Waals surface area (Å²) >= 11 is 1.26. The van der Waals surface area contributed by atoms with Gasteiger partial charge < -0.3 is 11.5 Å². The highest BCUT2D eigenvalue weighted by Gasteiger charge is 2.19. The van der Waals surface area contributed by atoms with Crippen LogP contribution in [0.25, 0.3) is 20.2 Å². The lowest BCUT2D eigenvalue weighted by Crippen LogP contribution is -2.14. The molecule has 0 amide bonds. The number of hydrogen-bond donors (Lipinski definition) is 4. The normalized spacial score (nSPS) is 12.0. The van der Waals surface area contributed by atoms with Crippen molar-refractivity contribution in [1.29, 1.82) is 0 Å². The summed E-state index contributed by atoms with van der Waals surface area (Å²) in [5.41, 5.74) is 12.4. The summed E-state index contributed by atoms with van der Waals surface area (Å²) in [6, 6.07) is 20.9. The van der Waals surface area contributed by atoms with Gasteiger partial charge in [0.1, 0.15) is 0 Å². The molecule has 5 rings (SSSR count). The Hall–Kier alpha value is -4.13. The zero-order valence-electron chi connectivity index (χ0n) is 19.0. The van der Waals surface area contributed by atoms with Gasteiger partial charge in [-0.1, -0.05) is 0 Å². The van der Waals surface area contributed by atoms with Gasteiger partial charge in [0.15, 0.2) is 5.43 Å². The molecule has 0 fully saturated rings. The van der Waals surface area contributed by atoms with Crippen LogP contribution in [0.3, 0.4) is 0 Å². The molecule has 0 unspecified atom stereocenters. The second kappa shape index (κ2) is 9.07. The molecule has 188 valence electrons. The predicted molar refractivity (Wildman–Crippen MR) is 149 cm³/mol. The van der Waals surface area contributed by atoms with Crippen LogP contribution in [-0.4, -0.2) is 16.8 Å². The molecule has 9 nitrogen and oxygen atoms in total. The highest BCUT2D eigenvalue weighted by atomic mass is 32.2. The maximum atomic E-state index is 13.4. The van der Waals surface area contributed by atoms with Gasteiger partial charge in [0, 0.05) is 42.9 Å². The molecule has 0 spiro atoms. The molecule has 37 heavy (non-hydrogen) atoms. The summed E-state index contributed by atoms with van der Waals surface area (Å²) in [7, 11) is -7.99. The van der Waals surface area contributed by atoms with Crippen LogP contribution >= 0.6 is 11.3 Å². The molecule has 12 heteroatoms. The Bertz CT molecular complexity index is 1800. The highest BCUT2D eigenvalue weighted by Crippen LogP contribution is 2.29. The van der Waals surface area contributed by atoms with E-state index in [0.717, 1.165) is 0 Å². The highest BCUT2D eigenvalue weighted by molar-refractivity contribution is 7.93. The third kappa shape index (κ3) is 4.94. The van der Waals surface area contributed by atoms with E-state index in [0.29, 0.717) is 32.1 Å². The standard InChI is InChI=1S/C25H20N4O5S3/c26-15-1-5-17(6-2-15)28-36(31,32)19-9-11-23-21(13-19)25(30)22-14-20(10-12-24(22)35-23)37(33,34)29-18-7-3-16(27)4-8-18/h1-14,28-29H,26-27H2. The van der Waals surface area contributed by atoms with Crippen molar-refractivity contribution in [3.8, 4) is 0 Å². The molecule has 6 N–H and O–H groups in total. The van der Waals surface area contributed by atoms with E-state index in [4.69, 9.17) is 11.5 Å². The van der Waals surface area contributed by atoms with Crippen molar-refractivity contribution < 1.29 is 16.8 Å². The van der Waals surface area contributed by atoms with E-state index < -0.39 is 25.5 Å². The van der Waals surface area contributed by atoms with Gasteiger partial charge in [-0.3, -0.25) is 14.2 Å². The summed E-state index contributed by atoms with van der Waals surface area (Å²) in [6.45, 7) is 0. The number of rotatable bonds is 6. The molecule has 5 aromatic rings. The van der Waals surface area contributed by atoms with Crippen LogP contribution < -0.4 is 26.3 Å². The zero-order chi connectivity index (χ0) is 26.4. The van der Waals surface area contributed by atoms with Crippen molar-refractivity contribution in [3.05, 3.63) is 95.2 Å². The van der Waals surface area contributed by atoms with Crippen LogP contribution in [0.2, 0.25) is 0 Å². The monoisotopic (exact) mass is 552 g/mol. The number of benzene rings is 4. The molecule has 4 aromatic carbocycles. The Morgan fingerprint density at radius 3 is 1.32 bits per heavy atom. The summed E-state index contributed by atoms with van der Waals surface area (Å²) in [4.78, 5) is 13.2. The van der Waals surface area contributed by atoms with Gasteiger partial charge in [-0.05, 0) is 84.9 Å². The van der Waals surface area contributed by atoms with E-state index in [-0.39, 0.29) is 20.6 Å². The lowest BCUT2D eigenvalue weighted by Gasteiger charge is -2.10. The number of anilines is 4. The third-order valence-electron chi connectivity index (χ3n) is 5.56. The van der Waals surface area contributed by atoms with E-state index >= 15 is 0 Å². The molecule has 0 bridgehead atoms. The Morgan fingerprint density at radius 1 is 0.568 bits per heavy atom. The number of nitrogen functional groups attached to an aromatic ring is 2. The van der Waals surface area contributed by atoms with Gasteiger partial charge >= 0.3 is 0 Å². The Balaban J connectivity index is 1.55. The molecule has 0 aliphatic heterocycles. The second-order valence-electron chi connectivity index (χ2n) is 8.20. The van der Waals surface area contributed by atoms with E-state index in [1.54, 1.807) is 36.4 Å². The van der Waals surface area contributed by atoms with E-state index in [9.17, 15) is 21.6 Å². The average molecular weight is 553 g/mol. The SMILES string of the molecule is Nc1ccc(NS(=O)(=O)c2ccc3sc4ccc(S(=O)(=O)Nc5ccc(N)cc5)cc4c(=O)c3c2)cc1. The lowest BCUT2D eigenvalue weighted by molar-refractivity contribution is 0.599. The van der Waals surface area contributed by atoms with Crippen molar-refractivity contribution in [2.75, 3.05) is 20.9 Å². The fourth-order valence-corrected chi connectivity index (χ4v) is 6.88. The minimum absolute atomic E-state index is 0.103. The summed E-state index contributed by atoms with van der Waals surface area (Å²) < 4.78 is 57.9. The fourth-order valence-electron chi connectivity index (χ4n) is 3.68. The van der Waals surface area contributed by atoms with Crippen molar-refractivity contribution >= 4 is 74.3 Å². The first-order chi connectivity index (χ1) is 17.5. The number of fused-ring (bicyclic) bond motifs is 2. The van der Waals surface area contributed by atoms with Crippen LogP contribution in [-0.2, 0) is 20.0 Å². The van der Waals surface area contributed by atoms with Gasteiger partial charge in [0.2, 0.25) is 0 Å². The first-order valence-corrected chi connectivity index (χ1v) is 14.6. The molecule has 0 aliphatic rings. The molecule has 0 atom stereocenters. The van der Waals surface area contributed by atoms with Crippen LogP contribution in [0.1, 0.15) is 0 Å². The molecule has 0 aliphatic carbocycles. The number of hydrogen-bond acceptors (Lipinski definition) is 8. The molecule has 0 saturated heterocycles. The van der Waals surface area contributed by atoms with Gasteiger partial charge in [0.05, 0.1) is 9.79 Å². The maximum Gasteiger partial charge on any atom is 0.261 e. The van der Waals surface area contributed by atoms with Gasteiger partial charge in [-0.25, -0.2) is 16.8 Å². The van der Waals surface area contributed by atoms with Gasteiger partial charge in [0.25, 0.3) is 20.0 Å². The van der Waals surface area contributed by atoms with Crippen LogP contribution in [0.15, 0.2) is 99.5 Å². The molecule has 1 aromatic heterocycles. The maximum absolute atomic E-state index is 13.4. The van der Waals surface area contributed by atoms with Crippen LogP contribution in [0.4, 0.5) is 22.7 Å². The summed E-state index contributed by atoms with van der Waals surface area (Å²) in [5, 5.41) is 0.331. The first kappa shape index (κ1) is 24.6. The van der Waals surface area contributed by atoms with E-state index in [1.165, 1.54) is 59.9 Å². The van der Waals surface area contributed by atoms with Gasteiger partial charge in [-0.2, -0.15) is 0 Å². The summed E-state index contributed by atoms with van der Waals surface area (Å²) in [6.07, 6.45) is 0. The van der Waals surface area contributed by atoms with Crippen LogP contribution in [0.5, 0.6) is 0 Å². The summed E-state index contributed by atoms with van der Waals surface area (Å²) in [5.74, 6) is 0. The third-order valence-corrected chi connectivity index (χ3v) is 9.47. The minimum atomic E-state index is -4.00. The van der Waals surface area contributed by atoms with Crippen LogP contribution in [0, 0.1) is 0 Å². The van der Waals surface area contributed by atoms with Crippen molar-refractivity contribution in [2.24, 2.45) is 0 Å². The number of nitrogens with two attached hydrogens (primary N) is 2. The smallest absolute Gasteiger partial charge is 0.261 e. The molecule has 0 radical (unpaired) electrons. The quantitative estimate of drug-likeness (QED) is 0.181. The number of sulfonamides is 2. The average Bonchev–Trinajstić information content (AvgIpc) is 2.86. The first-order valence-electron chi connectivity index (χ1n) is 10.8. The van der Waals surface area contributed by atoms with Crippen molar-refractivity contribution in [1.82, 2.24) is 0 Å². The number of nitrogens with one attached hydrogen (secondary N) is 2. The fraction of sp³-hybridized carbons (Fsp3) is 0. The van der Waals surface area contributed by atoms with Crippen molar-refractivity contribution in [2.45, 2.75) is 9.79 Å². The Morgan fingerprint density at radius 2 is 0.946 bits per heavy atom. The molecule has 0 saturated carbocycles. The topological polar surface area (TPSA) is 161 Å². The second-order valence-corrected chi connectivity index (χ2v) is 12.7. The molecular formula is C25H20N4O5S3. The van der Waals surface area contributed by atoms with Crippen molar-refractivity contribution in [3.63, 3.8) is 0 Å². The minimum Gasteiger partial charge on any atom is -0.399 e. The molecular weight excluding hydrogens is 532 g/mol. The lowest BCUT2D eigenvalue weighted by atomic mass is 10.2. The Kier molecular flexibility index (Phi) is 6.02. The Labute approximate surface area is 216 Å². The predicted octanol–water partition coefficient (Wildman–Crippen LogP) is 4.18. The van der Waals surface area contributed by atoms with E-state index in [1.807, 2.05) is 0 Å².